The zero-order valence-electron chi connectivity index (χ0n) is 11.2. The average Bonchev–Trinajstić information content (AvgIpc) is 2.78. The molecule has 1 aliphatic rings. The fourth-order valence-corrected chi connectivity index (χ4v) is 2.59. The monoisotopic (exact) mass is 247 g/mol. The maximum Gasteiger partial charge on any atom is 0.129 e. The van der Waals surface area contributed by atoms with Crippen LogP contribution in [0.1, 0.15) is 17.5 Å². The third-order valence-electron chi connectivity index (χ3n) is 3.50. The second-order valence-electron chi connectivity index (χ2n) is 5.44. The first-order valence-corrected chi connectivity index (χ1v) is 6.42. The summed E-state index contributed by atoms with van der Waals surface area (Å²) in [5.41, 5.74) is 2.27. The van der Waals surface area contributed by atoms with Crippen LogP contribution in [0, 0.1) is 12.3 Å². The van der Waals surface area contributed by atoms with Gasteiger partial charge < -0.3 is 14.4 Å². The lowest BCUT2D eigenvalue weighted by molar-refractivity contribution is -0.117. The summed E-state index contributed by atoms with van der Waals surface area (Å²) >= 11 is 0. The van der Waals surface area contributed by atoms with Crippen LogP contribution in [0.3, 0.4) is 0 Å². The highest BCUT2D eigenvalue weighted by atomic mass is 16.5. The Hall–Kier alpha value is -1.19. The number of aldehydes is 1. The number of hydrogen-bond donors (Lipinski definition) is 0. The topological polar surface area (TPSA) is 29.5 Å². The van der Waals surface area contributed by atoms with E-state index in [0.29, 0.717) is 13.2 Å². The van der Waals surface area contributed by atoms with Crippen molar-refractivity contribution in [3.8, 4) is 0 Å². The molecule has 1 fully saturated rings. The van der Waals surface area contributed by atoms with Gasteiger partial charge in [0.15, 0.2) is 0 Å². The van der Waals surface area contributed by atoms with Crippen molar-refractivity contribution in [1.82, 2.24) is 4.90 Å². The summed E-state index contributed by atoms with van der Waals surface area (Å²) in [6, 6.07) is 8.49. The van der Waals surface area contributed by atoms with E-state index in [2.05, 4.69) is 43.1 Å². The highest BCUT2D eigenvalue weighted by Crippen LogP contribution is 2.27. The molecule has 1 aromatic carbocycles. The fraction of sp³-hybridized carbons (Fsp3) is 0.533. The predicted molar refractivity (Wildman–Crippen MR) is 71.4 cm³/mol. The Morgan fingerprint density at radius 1 is 1.50 bits per heavy atom. The minimum absolute atomic E-state index is 0.293. The number of ether oxygens (including phenoxy) is 1. The van der Waals surface area contributed by atoms with E-state index in [1.54, 1.807) is 0 Å². The van der Waals surface area contributed by atoms with Gasteiger partial charge in [0.2, 0.25) is 0 Å². The Balaban J connectivity index is 1.96. The van der Waals surface area contributed by atoms with E-state index in [1.165, 1.54) is 11.1 Å². The zero-order chi connectivity index (χ0) is 13.0. The van der Waals surface area contributed by atoms with Gasteiger partial charge in [-0.25, -0.2) is 0 Å². The van der Waals surface area contributed by atoms with E-state index in [1.807, 2.05) is 0 Å². The molecule has 3 nitrogen and oxygen atoms in total. The summed E-state index contributed by atoms with van der Waals surface area (Å²) < 4.78 is 5.36. The van der Waals surface area contributed by atoms with Crippen LogP contribution < -0.4 is 0 Å². The number of rotatable bonds is 5. The van der Waals surface area contributed by atoms with Crippen molar-refractivity contribution in [2.75, 3.05) is 26.8 Å². The first-order chi connectivity index (χ1) is 8.63. The molecular formula is C15H21NO2. The lowest BCUT2D eigenvalue weighted by Crippen LogP contribution is -2.37. The SMILES string of the molecule is Cc1cccc(CN(C)CC2(C=O)CCOC2)c1. The van der Waals surface area contributed by atoms with Crippen LogP contribution in [0.5, 0.6) is 0 Å². The van der Waals surface area contributed by atoms with Crippen LogP contribution in [0.25, 0.3) is 0 Å². The van der Waals surface area contributed by atoms with Gasteiger partial charge in [-0.2, -0.15) is 0 Å². The largest absolute Gasteiger partial charge is 0.380 e. The average molecular weight is 247 g/mol. The van der Waals surface area contributed by atoms with Gasteiger partial charge in [0, 0.05) is 19.7 Å². The van der Waals surface area contributed by atoms with E-state index < -0.39 is 0 Å². The summed E-state index contributed by atoms with van der Waals surface area (Å²) in [6.45, 7) is 5.01. The lowest BCUT2D eigenvalue weighted by atomic mass is 9.88. The first-order valence-electron chi connectivity index (χ1n) is 6.42. The van der Waals surface area contributed by atoms with Gasteiger partial charge in [-0.1, -0.05) is 29.8 Å². The molecule has 0 amide bonds. The second-order valence-corrected chi connectivity index (χ2v) is 5.44. The van der Waals surface area contributed by atoms with Crippen LogP contribution in [0.15, 0.2) is 24.3 Å². The molecule has 0 aromatic heterocycles. The summed E-state index contributed by atoms with van der Waals surface area (Å²) in [6.07, 6.45) is 1.92. The Morgan fingerprint density at radius 3 is 2.94 bits per heavy atom. The van der Waals surface area contributed by atoms with Crippen molar-refractivity contribution >= 4 is 6.29 Å². The Morgan fingerprint density at radius 2 is 2.33 bits per heavy atom. The van der Waals surface area contributed by atoms with Crippen LogP contribution in [-0.2, 0) is 16.1 Å². The van der Waals surface area contributed by atoms with Gasteiger partial charge in [0.05, 0.1) is 12.0 Å². The molecule has 2 rings (SSSR count). The molecule has 18 heavy (non-hydrogen) atoms. The number of nitrogens with zero attached hydrogens (tertiary/aromatic N) is 1. The molecule has 0 aliphatic carbocycles. The van der Waals surface area contributed by atoms with Gasteiger partial charge in [-0.15, -0.1) is 0 Å². The van der Waals surface area contributed by atoms with Gasteiger partial charge in [-0.05, 0) is 26.0 Å². The predicted octanol–water partition coefficient (Wildman–Crippen LogP) is 2.03. The van der Waals surface area contributed by atoms with Crippen molar-refractivity contribution in [2.24, 2.45) is 5.41 Å². The Bertz CT molecular complexity index is 411. The summed E-state index contributed by atoms with van der Waals surface area (Å²) in [7, 11) is 2.06. The molecule has 1 unspecified atom stereocenters. The maximum atomic E-state index is 11.3. The van der Waals surface area contributed by atoms with E-state index in [4.69, 9.17) is 4.74 Å². The molecule has 0 radical (unpaired) electrons. The molecule has 98 valence electrons. The Kier molecular flexibility index (Phi) is 4.15. The highest BCUT2D eigenvalue weighted by molar-refractivity contribution is 5.60. The summed E-state index contributed by atoms with van der Waals surface area (Å²) in [4.78, 5) is 13.5. The minimum Gasteiger partial charge on any atom is -0.380 e. The number of carbonyl (C=O) groups excluding carboxylic acids is 1. The molecule has 0 bridgehead atoms. The normalized spacial score (nSPS) is 23.5. The number of benzene rings is 1. The zero-order valence-corrected chi connectivity index (χ0v) is 11.2. The first kappa shape index (κ1) is 13.2. The molecule has 3 heteroatoms. The molecule has 0 N–H and O–H groups in total. The smallest absolute Gasteiger partial charge is 0.129 e. The van der Waals surface area contributed by atoms with Crippen LogP contribution in [0.2, 0.25) is 0 Å². The van der Waals surface area contributed by atoms with Crippen molar-refractivity contribution < 1.29 is 9.53 Å². The van der Waals surface area contributed by atoms with Crippen molar-refractivity contribution in [3.05, 3.63) is 35.4 Å². The number of aryl methyl sites for hydroxylation is 1. The standard InChI is InChI=1S/C15H21NO2/c1-13-4-3-5-14(8-13)9-16(2)10-15(11-17)6-7-18-12-15/h3-5,8,11H,6-7,9-10,12H2,1-2H3. The molecule has 1 aromatic rings. The third kappa shape index (κ3) is 3.18. The van der Waals surface area contributed by atoms with E-state index in [9.17, 15) is 4.79 Å². The molecule has 1 heterocycles. The van der Waals surface area contributed by atoms with Gasteiger partial charge >= 0.3 is 0 Å². The van der Waals surface area contributed by atoms with Gasteiger partial charge in [-0.3, -0.25) is 0 Å². The van der Waals surface area contributed by atoms with E-state index in [0.717, 1.165) is 25.8 Å². The van der Waals surface area contributed by atoms with E-state index in [-0.39, 0.29) is 5.41 Å². The molecule has 0 spiro atoms. The Labute approximate surface area is 109 Å². The van der Waals surface area contributed by atoms with E-state index >= 15 is 0 Å². The maximum absolute atomic E-state index is 11.3. The second kappa shape index (κ2) is 5.63. The highest BCUT2D eigenvalue weighted by Gasteiger charge is 2.35. The third-order valence-corrected chi connectivity index (χ3v) is 3.50. The quantitative estimate of drug-likeness (QED) is 0.746. The van der Waals surface area contributed by atoms with Crippen molar-refractivity contribution in [1.29, 1.82) is 0 Å². The van der Waals surface area contributed by atoms with Crippen LogP contribution in [-0.4, -0.2) is 38.0 Å². The van der Waals surface area contributed by atoms with Crippen molar-refractivity contribution in [2.45, 2.75) is 19.9 Å². The summed E-state index contributed by atoms with van der Waals surface area (Å²) in [5.74, 6) is 0. The molecule has 1 aliphatic heterocycles. The minimum atomic E-state index is -0.293. The molecule has 1 saturated heterocycles. The number of carbonyl (C=O) groups is 1. The number of hydrogen-bond acceptors (Lipinski definition) is 3. The lowest BCUT2D eigenvalue weighted by Gasteiger charge is -2.27. The van der Waals surface area contributed by atoms with Crippen LogP contribution >= 0.6 is 0 Å². The van der Waals surface area contributed by atoms with Crippen LogP contribution in [0.4, 0.5) is 0 Å². The summed E-state index contributed by atoms with van der Waals surface area (Å²) in [5, 5.41) is 0. The fourth-order valence-electron chi connectivity index (χ4n) is 2.59. The molecule has 0 saturated carbocycles. The van der Waals surface area contributed by atoms with Gasteiger partial charge in [0.1, 0.15) is 6.29 Å². The molecular weight excluding hydrogens is 226 g/mol. The molecule has 1 atom stereocenters. The van der Waals surface area contributed by atoms with Crippen molar-refractivity contribution in [3.63, 3.8) is 0 Å². The van der Waals surface area contributed by atoms with Gasteiger partial charge in [0.25, 0.3) is 0 Å².